The largest absolute Gasteiger partial charge is 0.299 e. The molecule has 0 unspecified atom stereocenters. The van der Waals surface area contributed by atoms with Gasteiger partial charge in [-0.15, -0.1) is 0 Å². The number of ketones is 2. The quantitative estimate of drug-likeness (QED) is 0.676. The van der Waals surface area contributed by atoms with E-state index in [4.69, 9.17) is 0 Å². The fourth-order valence-electron chi connectivity index (χ4n) is 2.15. The van der Waals surface area contributed by atoms with E-state index in [1.165, 1.54) is 0 Å². The van der Waals surface area contributed by atoms with E-state index in [1.54, 1.807) is 13.8 Å². The zero-order valence-corrected chi connectivity index (χ0v) is 9.69. The number of carbonyl (C=O) groups is 2. The van der Waals surface area contributed by atoms with Crippen LogP contribution in [0.4, 0.5) is 0 Å². The lowest BCUT2D eigenvalue weighted by atomic mass is 9.69. The van der Waals surface area contributed by atoms with Crippen molar-refractivity contribution in [3.05, 3.63) is 35.9 Å². The summed E-state index contributed by atoms with van der Waals surface area (Å²) in [6, 6.07) is 9.82. The molecule has 0 heterocycles. The molecule has 1 aromatic rings. The van der Waals surface area contributed by atoms with E-state index >= 15 is 0 Å². The van der Waals surface area contributed by atoms with Gasteiger partial charge in [-0.2, -0.15) is 0 Å². The Morgan fingerprint density at radius 1 is 1.00 bits per heavy atom. The van der Waals surface area contributed by atoms with E-state index in [-0.39, 0.29) is 17.5 Å². The Morgan fingerprint density at radius 3 is 2.00 bits per heavy atom. The molecule has 0 spiro atoms. The van der Waals surface area contributed by atoms with E-state index in [0.29, 0.717) is 12.8 Å². The predicted molar refractivity (Wildman–Crippen MR) is 62.2 cm³/mol. The van der Waals surface area contributed by atoms with Gasteiger partial charge >= 0.3 is 0 Å². The highest BCUT2D eigenvalue weighted by atomic mass is 16.2. The minimum atomic E-state index is -0.773. The lowest BCUT2D eigenvalue weighted by Crippen LogP contribution is -2.39. The number of rotatable bonds is 1. The second-order valence-corrected chi connectivity index (χ2v) is 4.99. The Balaban J connectivity index is 2.24. The summed E-state index contributed by atoms with van der Waals surface area (Å²) in [4.78, 5) is 23.8. The lowest BCUT2D eigenvalue weighted by Gasteiger charge is -2.31. The van der Waals surface area contributed by atoms with Crippen LogP contribution in [0, 0.1) is 5.41 Å². The van der Waals surface area contributed by atoms with Crippen LogP contribution in [0.2, 0.25) is 0 Å². The maximum atomic E-state index is 11.9. The van der Waals surface area contributed by atoms with Crippen molar-refractivity contribution in [2.45, 2.75) is 32.6 Å². The zero-order valence-electron chi connectivity index (χ0n) is 9.69. The molecule has 1 aliphatic rings. The number of benzene rings is 1. The number of hydrogen-bond donors (Lipinski definition) is 0. The molecule has 0 amide bonds. The third-order valence-electron chi connectivity index (χ3n) is 3.53. The molecule has 0 bridgehead atoms. The summed E-state index contributed by atoms with van der Waals surface area (Å²) in [7, 11) is 0. The van der Waals surface area contributed by atoms with Crippen LogP contribution in [-0.4, -0.2) is 11.6 Å². The van der Waals surface area contributed by atoms with Crippen molar-refractivity contribution < 1.29 is 9.59 Å². The molecule has 0 N–H and O–H groups in total. The average Bonchev–Trinajstić information content (AvgIpc) is 2.27. The van der Waals surface area contributed by atoms with E-state index < -0.39 is 5.41 Å². The van der Waals surface area contributed by atoms with Gasteiger partial charge in [-0.05, 0) is 25.3 Å². The average molecular weight is 216 g/mol. The predicted octanol–water partition coefficient (Wildman–Crippen LogP) is 2.73. The summed E-state index contributed by atoms with van der Waals surface area (Å²) in [6.07, 6.45) is 0.978. The fraction of sp³-hybridized carbons (Fsp3) is 0.429. The maximum Gasteiger partial charge on any atom is 0.146 e. The molecule has 1 fully saturated rings. The van der Waals surface area contributed by atoms with Crippen LogP contribution in [0.5, 0.6) is 0 Å². The SMILES string of the molecule is CC1(C)C(=O)CC(c2ccccc2)CC1=O. The van der Waals surface area contributed by atoms with Gasteiger partial charge in [0.05, 0.1) is 5.41 Å². The number of Topliss-reactive ketones (excluding diaryl/α,β-unsaturated/α-hetero) is 2. The summed E-state index contributed by atoms with van der Waals surface area (Å²) in [5.41, 5.74) is 0.324. The minimum Gasteiger partial charge on any atom is -0.299 e. The monoisotopic (exact) mass is 216 g/mol. The molecule has 0 aromatic heterocycles. The molecule has 0 saturated heterocycles. The fourth-order valence-corrected chi connectivity index (χ4v) is 2.15. The Morgan fingerprint density at radius 2 is 1.50 bits per heavy atom. The first-order valence-corrected chi connectivity index (χ1v) is 5.63. The maximum absolute atomic E-state index is 11.9. The number of carbonyl (C=O) groups excluding carboxylic acids is 2. The highest BCUT2D eigenvalue weighted by Crippen LogP contribution is 2.37. The Kier molecular flexibility index (Phi) is 2.66. The molecule has 0 aliphatic heterocycles. The van der Waals surface area contributed by atoms with Crippen LogP contribution >= 0.6 is 0 Å². The normalized spacial score (nSPS) is 21.1. The summed E-state index contributed by atoms with van der Waals surface area (Å²) in [6.45, 7) is 3.47. The first-order valence-electron chi connectivity index (χ1n) is 5.63. The van der Waals surface area contributed by atoms with Crippen LogP contribution in [0.1, 0.15) is 38.2 Å². The second kappa shape index (κ2) is 3.85. The molecule has 16 heavy (non-hydrogen) atoms. The van der Waals surface area contributed by atoms with Gasteiger partial charge in [0.1, 0.15) is 11.6 Å². The Hall–Kier alpha value is -1.44. The van der Waals surface area contributed by atoms with Crippen molar-refractivity contribution in [1.82, 2.24) is 0 Å². The Labute approximate surface area is 95.7 Å². The molecule has 1 aliphatic carbocycles. The summed E-state index contributed by atoms with van der Waals surface area (Å²) < 4.78 is 0. The van der Waals surface area contributed by atoms with Crippen LogP contribution in [-0.2, 0) is 9.59 Å². The second-order valence-electron chi connectivity index (χ2n) is 4.99. The molecular weight excluding hydrogens is 200 g/mol. The highest BCUT2D eigenvalue weighted by molar-refractivity contribution is 6.08. The molecule has 1 aromatic carbocycles. The standard InChI is InChI=1S/C14H16O2/c1-14(2)12(15)8-11(9-13(14)16)10-6-4-3-5-7-10/h3-7,11H,8-9H2,1-2H3. The van der Waals surface area contributed by atoms with Gasteiger partial charge in [0, 0.05) is 12.8 Å². The first kappa shape index (κ1) is 11.1. The summed E-state index contributed by atoms with van der Waals surface area (Å²) in [5.74, 6) is 0.212. The van der Waals surface area contributed by atoms with Crippen LogP contribution < -0.4 is 0 Å². The molecule has 2 nitrogen and oxygen atoms in total. The molecule has 2 heteroatoms. The Bertz CT molecular complexity index is 398. The van der Waals surface area contributed by atoms with E-state index in [9.17, 15) is 9.59 Å². The van der Waals surface area contributed by atoms with Gasteiger partial charge in [0.25, 0.3) is 0 Å². The smallest absolute Gasteiger partial charge is 0.146 e. The molecular formula is C14H16O2. The first-order chi connectivity index (χ1) is 7.51. The molecule has 0 atom stereocenters. The molecule has 2 rings (SSSR count). The van der Waals surface area contributed by atoms with Crippen molar-refractivity contribution in [1.29, 1.82) is 0 Å². The van der Waals surface area contributed by atoms with Crippen LogP contribution in [0.15, 0.2) is 30.3 Å². The van der Waals surface area contributed by atoms with Crippen molar-refractivity contribution in [3.8, 4) is 0 Å². The third-order valence-corrected chi connectivity index (χ3v) is 3.53. The molecule has 84 valence electrons. The van der Waals surface area contributed by atoms with Gasteiger partial charge in [0.15, 0.2) is 0 Å². The van der Waals surface area contributed by atoms with Gasteiger partial charge in [-0.25, -0.2) is 0 Å². The summed E-state index contributed by atoms with van der Waals surface area (Å²) in [5, 5.41) is 0. The van der Waals surface area contributed by atoms with Gasteiger partial charge in [-0.1, -0.05) is 30.3 Å². The number of hydrogen-bond acceptors (Lipinski definition) is 2. The third kappa shape index (κ3) is 1.80. The van der Waals surface area contributed by atoms with E-state index in [0.717, 1.165) is 5.56 Å². The minimum absolute atomic E-state index is 0.0672. The van der Waals surface area contributed by atoms with Crippen molar-refractivity contribution in [3.63, 3.8) is 0 Å². The topological polar surface area (TPSA) is 34.1 Å². The van der Waals surface area contributed by atoms with Gasteiger partial charge in [-0.3, -0.25) is 9.59 Å². The molecule has 0 radical (unpaired) electrons. The lowest BCUT2D eigenvalue weighted by molar-refractivity contribution is -0.142. The van der Waals surface area contributed by atoms with Crippen LogP contribution in [0.3, 0.4) is 0 Å². The summed E-state index contributed by atoms with van der Waals surface area (Å²) >= 11 is 0. The van der Waals surface area contributed by atoms with Gasteiger partial charge in [0.2, 0.25) is 0 Å². The molecule has 1 saturated carbocycles. The van der Waals surface area contributed by atoms with Crippen LogP contribution in [0.25, 0.3) is 0 Å². The van der Waals surface area contributed by atoms with E-state index in [1.807, 2.05) is 30.3 Å². The van der Waals surface area contributed by atoms with Crippen molar-refractivity contribution in [2.24, 2.45) is 5.41 Å². The van der Waals surface area contributed by atoms with E-state index in [2.05, 4.69) is 0 Å². The highest BCUT2D eigenvalue weighted by Gasteiger charge is 2.42. The van der Waals surface area contributed by atoms with Gasteiger partial charge < -0.3 is 0 Å². The van der Waals surface area contributed by atoms with Crippen molar-refractivity contribution in [2.75, 3.05) is 0 Å². The van der Waals surface area contributed by atoms with Crippen molar-refractivity contribution >= 4 is 11.6 Å². The zero-order chi connectivity index (χ0) is 11.8.